The molecule has 0 aliphatic heterocycles. The van der Waals surface area contributed by atoms with Crippen LogP contribution >= 0.6 is 35.0 Å². The zero-order valence-electron chi connectivity index (χ0n) is 7.76. The number of hydrogen-bond acceptors (Lipinski definition) is 6. The number of halogens is 2. The first-order valence-corrected chi connectivity index (χ1v) is 5.67. The number of nitrogens with zero attached hydrogens (tertiary/aromatic N) is 4. The Morgan fingerprint density at radius 3 is 2.56 bits per heavy atom. The summed E-state index contributed by atoms with van der Waals surface area (Å²) in [5, 5.41) is 15.2. The normalized spacial score (nSPS) is 10.4. The van der Waals surface area contributed by atoms with Crippen LogP contribution in [0.2, 0.25) is 10.3 Å². The van der Waals surface area contributed by atoms with Gasteiger partial charge in [-0.05, 0) is 6.07 Å². The van der Waals surface area contributed by atoms with E-state index in [-0.39, 0.29) is 10.3 Å². The molecule has 8 heteroatoms. The average molecular weight is 274 g/mol. The van der Waals surface area contributed by atoms with Gasteiger partial charge in [0, 0.05) is 0 Å². The molecule has 0 bridgehead atoms. The van der Waals surface area contributed by atoms with Crippen molar-refractivity contribution in [3.8, 4) is 0 Å². The fourth-order valence-electron chi connectivity index (χ4n) is 0.932. The molecule has 0 atom stereocenters. The Bertz CT molecular complexity index is 522. The first-order chi connectivity index (χ1) is 7.66. The van der Waals surface area contributed by atoms with Crippen LogP contribution in [0.3, 0.4) is 0 Å². The molecule has 2 heterocycles. The smallest absolute Gasteiger partial charge is 0.165 e. The van der Waals surface area contributed by atoms with Crippen LogP contribution < -0.4 is 5.73 Å². The van der Waals surface area contributed by atoms with E-state index in [1.165, 1.54) is 18.0 Å². The van der Waals surface area contributed by atoms with Gasteiger partial charge in [0.05, 0.1) is 27.9 Å². The summed E-state index contributed by atoms with van der Waals surface area (Å²) >= 11 is 12.9. The van der Waals surface area contributed by atoms with Gasteiger partial charge in [-0.3, -0.25) is 0 Å². The zero-order chi connectivity index (χ0) is 11.5. The van der Waals surface area contributed by atoms with Crippen LogP contribution in [-0.2, 0) is 0 Å². The summed E-state index contributed by atoms with van der Waals surface area (Å²) in [7, 11) is 0. The lowest BCUT2D eigenvalue weighted by Crippen LogP contribution is -1.92. The van der Waals surface area contributed by atoms with E-state index in [9.17, 15) is 0 Å². The highest BCUT2D eigenvalue weighted by molar-refractivity contribution is 7.99. The lowest BCUT2D eigenvalue weighted by molar-refractivity contribution is 0.990. The van der Waals surface area contributed by atoms with Gasteiger partial charge in [-0.2, -0.15) is 10.2 Å². The van der Waals surface area contributed by atoms with Crippen LogP contribution in [-0.4, -0.2) is 20.4 Å². The molecule has 2 aromatic rings. The number of aromatic nitrogens is 4. The fraction of sp³-hybridized carbons (Fsp3) is 0. The number of rotatable bonds is 2. The van der Waals surface area contributed by atoms with Crippen molar-refractivity contribution >= 4 is 40.7 Å². The molecule has 0 saturated heterocycles. The summed E-state index contributed by atoms with van der Waals surface area (Å²) in [5.41, 5.74) is 6.24. The Kier molecular flexibility index (Phi) is 3.42. The van der Waals surface area contributed by atoms with E-state index < -0.39 is 0 Å². The van der Waals surface area contributed by atoms with Gasteiger partial charge >= 0.3 is 0 Å². The second kappa shape index (κ2) is 4.82. The minimum Gasteiger partial charge on any atom is -0.396 e. The van der Waals surface area contributed by atoms with Crippen LogP contribution in [0.4, 0.5) is 5.69 Å². The lowest BCUT2D eigenvalue weighted by Gasteiger charge is -2.04. The van der Waals surface area contributed by atoms with Crippen molar-refractivity contribution in [3.05, 3.63) is 28.8 Å². The van der Waals surface area contributed by atoms with E-state index in [0.717, 1.165) is 4.90 Å². The van der Waals surface area contributed by atoms with E-state index in [0.29, 0.717) is 10.6 Å². The molecule has 0 amide bonds. The van der Waals surface area contributed by atoms with Gasteiger partial charge in [0.1, 0.15) is 0 Å². The van der Waals surface area contributed by atoms with Crippen LogP contribution in [0.15, 0.2) is 28.3 Å². The van der Waals surface area contributed by atoms with Crippen molar-refractivity contribution in [2.24, 2.45) is 0 Å². The number of hydrogen-bond donors (Lipinski definition) is 1. The highest BCUT2D eigenvalue weighted by Crippen LogP contribution is 2.34. The van der Waals surface area contributed by atoms with Gasteiger partial charge in [0.15, 0.2) is 10.3 Å². The first-order valence-electron chi connectivity index (χ1n) is 4.09. The van der Waals surface area contributed by atoms with E-state index in [4.69, 9.17) is 28.9 Å². The molecule has 0 spiro atoms. The summed E-state index contributed by atoms with van der Waals surface area (Å²) in [6, 6.07) is 1.61. The molecule has 0 aromatic carbocycles. The lowest BCUT2D eigenvalue weighted by atomic mass is 10.5. The van der Waals surface area contributed by atoms with E-state index >= 15 is 0 Å². The SMILES string of the molecule is Nc1cnncc1Sc1cc(Cl)nnc1Cl. The molecule has 0 unspecified atom stereocenters. The molecule has 2 rings (SSSR count). The highest BCUT2D eigenvalue weighted by atomic mass is 35.5. The van der Waals surface area contributed by atoms with E-state index in [1.54, 1.807) is 12.3 Å². The van der Waals surface area contributed by atoms with Crippen molar-refractivity contribution in [1.29, 1.82) is 0 Å². The van der Waals surface area contributed by atoms with Crippen LogP contribution in [0.5, 0.6) is 0 Å². The molecular formula is C8H5Cl2N5S. The number of anilines is 1. The van der Waals surface area contributed by atoms with Crippen LogP contribution in [0.25, 0.3) is 0 Å². The predicted molar refractivity (Wildman–Crippen MR) is 62.6 cm³/mol. The Hall–Kier alpha value is -1.11. The van der Waals surface area contributed by atoms with Gasteiger partial charge < -0.3 is 5.73 Å². The van der Waals surface area contributed by atoms with Crippen molar-refractivity contribution in [1.82, 2.24) is 20.4 Å². The van der Waals surface area contributed by atoms with Gasteiger partial charge in [-0.15, -0.1) is 10.2 Å². The fourth-order valence-corrected chi connectivity index (χ4v) is 2.15. The maximum Gasteiger partial charge on any atom is 0.165 e. The molecule has 5 nitrogen and oxygen atoms in total. The van der Waals surface area contributed by atoms with E-state index in [2.05, 4.69) is 20.4 Å². The third-order valence-electron chi connectivity index (χ3n) is 1.63. The van der Waals surface area contributed by atoms with Crippen molar-refractivity contribution in [3.63, 3.8) is 0 Å². The topological polar surface area (TPSA) is 77.6 Å². The predicted octanol–water partition coefficient (Wildman–Crippen LogP) is 2.31. The number of nitrogen functional groups attached to an aromatic ring is 1. The Morgan fingerprint density at radius 2 is 1.81 bits per heavy atom. The largest absolute Gasteiger partial charge is 0.396 e. The molecular weight excluding hydrogens is 269 g/mol. The summed E-state index contributed by atoms with van der Waals surface area (Å²) in [4.78, 5) is 1.40. The Balaban J connectivity index is 2.34. The first kappa shape index (κ1) is 11.4. The summed E-state index contributed by atoms with van der Waals surface area (Å²) in [5.74, 6) is 0. The molecule has 16 heavy (non-hydrogen) atoms. The van der Waals surface area contributed by atoms with Crippen LogP contribution in [0.1, 0.15) is 0 Å². The summed E-state index contributed by atoms with van der Waals surface area (Å²) in [6.07, 6.45) is 3.01. The molecule has 0 aliphatic carbocycles. The second-order valence-corrected chi connectivity index (χ2v) is 4.56. The maximum absolute atomic E-state index is 5.87. The molecule has 82 valence electrons. The molecule has 0 aliphatic rings. The molecule has 0 saturated carbocycles. The second-order valence-electron chi connectivity index (χ2n) is 2.73. The van der Waals surface area contributed by atoms with Gasteiger partial charge in [-0.25, -0.2) is 0 Å². The minimum atomic E-state index is 0.269. The van der Waals surface area contributed by atoms with Crippen molar-refractivity contribution in [2.75, 3.05) is 5.73 Å². The van der Waals surface area contributed by atoms with E-state index in [1.807, 2.05) is 0 Å². The minimum absolute atomic E-state index is 0.269. The maximum atomic E-state index is 5.87. The van der Waals surface area contributed by atoms with Gasteiger partial charge in [-0.1, -0.05) is 35.0 Å². The quantitative estimate of drug-likeness (QED) is 0.905. The average Bonchev–Trinajstić information content (AvgIpc) is 2.27. The summed E-state index contributed by atoms with van der Waals surface area (Å²) in [6.45, 7) is 0. The molecule has 0 fully saturated rings. The molecule has 0 radical (unpaired) electrons. The molecule has 2 aromatic heterocycles. The third-order valence-corrected chi connectivity index (χ3v) is 3.30. The van der Waals surface area contributed by atoms with Crippen molar-refractivity contribution < 1.29 is 0 Å². The number of nitrogens with two attached hydrogens (primary N) is 1. The highest BCUT2D eigenvalue weighted by Gasteiger charge is 2.08. The zero-order valence-corrected chi connectivity index (χ0v) is 10.1. The van der Waals surface area contributed by atoms with Crippen molar-refractivity contribution in [2.45, 2.75) is 9.79 Å². The molecule has 2 N–H and O–H groups in total. The monoisotopic (exact) mass is 273 g/mol. The third kappa shape index (κ3) is 2.52. The standard InChI is InChI=1S/C8H5Cl2N5S/c9-7-1-5(8(10)15-14-7)16-6-3-13-12-2-4(6)11/h1-3H,(H2,11,13). The Labute approximate surface area is 105 Å². The van der Waals surface area contributed by atoms with Gasteiger partial charge in [0.2, 0.25) is 0 Å². The van der Waals surface area contributed by atoms with Gasteiger partial charge in [0.25, 0.3) is 0 Å². The summed E-state index contributed by atoms with van der Waals surface area (Å²) < 4.78 is 0. The Morgan fingerprint density at radius 1 is 1.06 bits per heavy atom. The van der Waals surface area contributed by atoms with Crippen LogP contribution in [0, 0.1) is 0 Å².